The van der Waals surface area contributed by atoms with Gasteiger partial charge in [0.05, 0.1) is 5.56 Å². The van der Waals surface area contributed by atoms with Crippen molar-refractivity contribution in [2.24, 2.45) is 11.0 Å². The molecule has 112 valence electrons. The summed E-state index contributed by atoms with van der Waals surface area (Å²) in [6, 6.07) is 0.885. The lowest BCUT2D eigenvalue weighted by Gasteiger charge is -2.20. The van der Waals surface area contributed by atoms with Gasteiger partial charge < -0.3 is 0 Å². The number of carbonyl (C=O) groups excluding carboxylic acids is 1. The first-order valence-electron chi connectivity index (χ1n) is 5.87. The Morgan fingerprint density at radius 1 is 1.57 bits per heavy atom. The average molecular weight is 364 g/mol. The van der Waals surface area contributed by atoms with Crippen molar-refractivity contribution in [2.45, 2.75) is 12.6 Å². The average Bonchev–Trinajstić information content (AvgIpc) is 2.76. The molecule has 2 rings (SSSR count). The van der Waals surface area contributed by atoms with Gasteiger partial charge in [0.2, 0.25) is 5.91 Å². The van der Waals surface area contributed by atoms with E-state index in [4.69, 9.17) is 5.53 Å². The van der Waals surface area contributed by atoms with Crippen LogP contribution in [-0.4, -0.2) is 24.0 Å². The largest absolute Gasteiger partial charge is 0.420 e. The van der Waals surface area contributed by atoms with Gasteiger partial charge in [0.1, 0.15) is 5.82 Å². The third kappa shape index (κ3) is 3.45. The first-order chi connectivity index (χ1) is 9.82. The summed E-state index contributed by atoms with van der Waals surface area (Å²) in [5.74, 6) is -1.19. The highest BCUT2D eigenvalue weighted by atomic mass is 79.9. The van der Waals surface area contributed by atoms with Crippen molar-refractivity contribution in [3.05, 3.63) is 32.7 Å². The quantitative estimate of drug-likeness (QED) is 0.467. The summed E-state index contributed by atoms with van der Waals surface area (Å²) in [4.78, 5) is 19.2. The van der Waals surface area contributed by atoms with Gasteiger partial charge in [0, 0.05) is 35.1 Å². The molecule has 1 amide bonds. The Bertz CT molecular complexity index is 614. The van der Waals surface area contributed by atoms with Crippen LogP contribution in [0.5, 0.6) is 0 Å². The number of halogens is 4. The number of nitrogens with zero attached hydrogens (tertiary/aromatic N) is 5. The fourth-order valence-electron chi connectivity index (χ4n) is 2.12. The Hall–Kier alpha value is -1.80. The predicted octanol–water partition coefficient (Wildman–Crippen LogP) is 3.53. The Morgan fingerprint density at radius 2 is 2.29 bits per heavy atom. The fourth-order valence-corrected chi connectivity index (χ4v) is 2.45. The molecule has 0 saturated carbocycles. The van der Waals surface area contributed by atoms with Crippen LogP contribution in [0.4, 0.5) is 19.0 Å². The van der Waals surface area contributed by atoms with Crippen molar-refractivity contribution >= 4 is 27.7 Å². The molecule has 1 saturated heterocycles. The van der Waals surface area contributed by atoms with Crippen molar-refractivity contribution in [1.29, 1.82) is 0 Å². The van der Waals surface area contributed by atoms with E-state index in [9.17, 15) is 18.0 Å². The van der Waals surface area contributed by atoms with E-state index in [1.165, 1.54) is 6.20 Å². The van der Waals surface area contributed by atoms with Crippen molar-refractivity contribution in [2.75, 3.05) is 18.0 Å². The number of carbonyl (C=O) groups is 1. The van der Waals surface area contributed by atoms with E-state index in [0.717, 1.165) is 11.0 Å². The van der Waals surface area contributed by atoms with E-state index >= 15 is 0 Å². The van der Waals surface area contributed by atoms with Gasteiger partial charge in [-0.1, -0.05) is 5.11 Å². The molecule has 10 heteroatoms. The number of aromatic nitrogens is 1. The zero-order valence-electron chi connectivity index (χ0n) is 10.5. The minimum absolute atomic E-state index is 0.0358. The number of hydrogen-bond acceptors (Lipinski definition) is 3. The van der Waals surface area contributed by atoms with Gasteiger partial charge in [-0.3, -0.25) is 9.69 Å². The molecular formula is C11H9BrF3N5O. The maximum atomic E-state index is 13.0. The van der Waals surface area contributed by atoms with Crippen LogP contribution in [0.25, 0.3) is 10.4 Å². The monoisotopic (exact) mass is 363 g/mol. The Labute approximate surface area is 125 Å². The molecule has 0 radical (unpaired) electrons. The highest BCUT2D eigenvalue weighted by Crippen LogP contribution is 2.38. The van der Waals surface area contributed by atoms with Crippen LogP contribution >= 0.6 is 15.9 Å². The lowest BCUT2D eigenvalue weighted by molar-refractivity contribution is -0.137. The van der Waals surface area contributed by atoms with Gasteiger partial charge in [0.25, 0.3) is 0 Å². The Balaban J connectivity index is 2.34. The van der Waals surface area contributed by atoms with Gasteiger partial charge >= 0.3 is 6.18 Å². The van der Waals surface area contributed by atoms with Gasteiger partial charge in [-0.25, -0.2) is 4.98 Å². The molecule has 1 fully saturated rings. The number of alkyl halides is 3. The molecule has 0 aromatic carbocycles. The topological polar surface area (TPSA) is 82.0 Å². The number of amides is 1. The maximum Gasteiger partial charge on any atom is 0.420 e. The SMILES string of the molecule is [N-]=[N+]=NCC1CC(=O)N(c2ncc(Br)cc2C(F)(F)F)C1. The highest BCUT2D eigenvalue weighted by Gasteiger charge is 2.40. The zero-order chi connectivity index (χ0) is 15.6. The number of hydrogen-bond donors (Lipinski definition) is 0. The van der Waals surface area contributed by atoms with Crippen molar-refractivity contribution < 1.29 is 18.0 Å². The summed E-state index contributed by atoms with van der Waals surface area (Å²) in [5, 5.41) is 3.35. The molecule has 0 spiro atoms. The molecule has 0 aliphatic carbocycles. The highest BCUT2D eigenvalue weighted by molar-refractivity contribution is 9.10. The molecule has 21 heavy (non-hydrogen) atoms. The molecule has 1 unspecified atom stereocenters. The molecule has 1 aliphatic heterocycles. The summed E-state index contributed by atoms with van der Waals surface area (Å²) in [6.07, 6.45) is -3.37. The molecular weight excluding hydrogens is 355 g/mol. The minimum Gasteiger partial charge on any atom is -0.296 e. The fraction of sp³-hybridized carbons (Fsp3) is 0.455. The summed E-state index contributed by atoms with van der Waals surface area (Å²) in [7, 11) is 0. The van der Waals surface area contributed by atoms with Crippen LogP contribution in [0.1, 0.15) is 12.0 Å². The minimum atomic E-state index is -4.62. The maximum absolute atomic E-state index is 13.0. The van der Waals surface area contributed by atoms with Crippen LogP contribution in [-0.2, 0) is 11.0 Å². The van der Waals surface area contributed by atoms with Gasteiger partial charge in [-0.15, -0.1) is 0 Å². The standard InChI is InChI=1S/C11H9BrF3N5O/c12-7-2-8(11(13,14)15)10(17-4-7)20-5-6(1-9(20)21)3-18-19-16/h2,4,6H,1,3,5H2. The lowest BCUT2D eigenvalue weighted by Crippen LogP contribution is -2.28. The lowest BCUT2D eigenvalue weighted by atomic mass is 10.1. The van der Waals surface area contributed by atoms with Crippen LogP contribution < -0.4 is 4.90 Å². The Morgan fingerprint density at radius 3 is 2.90 bits per heavy atom. The summed E-state index contributed by atoms with van der Waals surface area (Å²) < 4.78 is 39.3. The number of azide groups is 1. The van der Waals surface area contributed by atoms with E-state index in [-0.39, 0.29) is 29.9 Å². The van der Waals surface area contributed by atoms with Crippen LogP contribution in [0, 0.1) is 5.92 Å². The van der Waals surface area contributed by atoms with E-state index in [2.05, 4.69) is 30.9 Å². The van der Waals surface area contributed by atoms with E-state index in [1.807, 2.05) is 0 Å². The smallest absolute Gasteiger partial charge is 0.296 e. The van der Waals surface area contributed by atoms with Crippen LogP contribution in [0.2, 0.25) is 0 Å². The van der Waals surface area contributed by atoms with E-state index in [1.54, 1.807) is 0 Å². The molecule has 2 heterocycles. The van der Waals surface area contributed by atoms with Gasteiger partial charge in [-0.2, -0.15) is 13.2 Å². The van der Waals surface area contributed by atoms with E-state index < -0.39 is 23.5 Å². The Kier molecular flexibility index (Phi) is 4.38. The van der Waals surface area contributed by atoms with Crippen LogP contribution in [0.3, 0.4) is 0 Å². The third-order valence-electron chi connectivity index (χ3n) is 3.00. The number of rotatable bonds is 3. The van der Waals surface area contributed by atoms with Gasteiger partial charge in [0.15, 0.2) is 0 Å². The van der Waals surface area contributed by atoms with E-state index in [0.29, 0.717) is 0 Å². The van der Waals surface area contributed by atoms with Crippen molar-refractivity contribution in [3.8, 4) is 0 Å². The molecule has 0 N–H and O–H groups in total. The second kappa shape index (κ2) is 5.90. The van der Waals surface area contributed by atoms with Crippen LogP contribution in [0.15, 0.2) is 21.9 Å². The summed E-state index contributed by atoms with van der Waals surface area (Å²) in [5.41, 5.74) is 7.27. The molecule has 1 aliphatic rings. The molecule has 1 atom stereocenters. The van der Waals surface area contributed by atoms with Crippen molar-refractivity contribution in [3.63, 3.8) is 0 Å². The first-order valence-corrected chi connectivity index (χ1v) is 6.66. The molecule has 0 bridgehead atoms. The second-order valence-electron chi connectivity index (χ2n) is 4.51. The molecule has 1 aromatic heterocycles. The normalized spacial score (nSPS) is 18.8. The first kappa shape index (κ1) is 15.6. The summed E-state index contributed by atoms with van der Waals surface area (Å²) in [6.45, 7) is 0.117. The molecule has 1 aromatic rings. The number of anilines is 1. The molecule has 6 nitrogen and oxygen atoms in total. The zero-order valence-corrected chi connectivity index (χ0v) is 12.1. The third-order valence-corrected chi connectivity index (χ3v) is 3.44. The number of pyridine rings is 1. The summed E-state index contributed by atoms with van der Waals surface area (Å²) >= 11 is 2.94. The second-order valence-corrected chi connectivity index (χ2v) is 5.43. The predicted molar refractivity (Wildman–Crippen MR) is 71.4 cm³/mol. The van der Waals surface area contributed by atoms with Crippen molar-refractivity contribution in [1.82, 2.24) is 4.98 Å². The van der Waals surface area contributed by atoms with Gasteiger partial charge in [-0.05, 0) is 33.4 Å².